The van der Waals surface area contributed by atoms with Gasteiger partial charge >= 0.3 is 0 Å². The number of rotatable bonds is 1. The molecule has 2 rings (SSSR count). The maximum absolute atomic E-state index is 11.7. The SMILES string of the molecule is N#CC1=C(c2ccccc2)C(=O)C=CC1=O. The summed E-state index contributed by atoms with van der Waals surface area (Å²) in [6, 6.07) is 10.5. The van der Waals surface area contributed by atoms with Crippen LogP contribution < -0.4 is 0 Å². The van der Waals surface area contributed by atoms with E-state index in [0.717, 1.165) is 6.08 Å². The maximum Gasteiger partial charge on any atom is 0.197 e. The smallest absolute Gasteiger partial charge is 0.197 e. The Labute approximate surface area is 92.3 Å². The van der Waals surface area contributed by atoms with Crippen LogP contribution in [0.25, 0.3) is 5.57 Å². The van der Waals surface area contributed by atoms with Crippen molar-refractivity contribution in [1.82, 2.24) is 0 Å². The summed E-state index contributed by atoms with van der Waals surface area (Å²) >= 11 is 0. The molecule has 1 aromatic carbocycles. The molecule has 0 aliphatic heterocycles. The van der Waals surface area contributed by atoms with Crippen LogP contribution in [0.4, 0.5) is 0 Å². The number of carbonyl (C=O) groups is 2. The number of hydrogen-bond acceptors (Lipinski definition) is 3. The molecule has 16 heavy (non-hydrogen) atoms. The molecule has 0 fully saturated rings. The molecule has 1 aliphatic carbocycles. The standard InChI is InChI=1S/C13H7NO2/c14-8-10-11(15)6-7-12(16)13(10)9-4-2-1-3-5-9/h1-7H. The van der Waals surface area contributed by atoms with Crippen molar-refractivity contribution < 1.29 is 9.59 Å². The van der Waals surface area contributed by atoms with Gasteiger partial charge in [0.05, 0.1) is 5.57 Å². The van der Waals surface area contributed by atoms with E-state index in [2.05, 4.69) is 0 Å². The topological polar surface area (TPSA) is 57.9 Å². The van der Waals surface area contributed by atoms with Crippen LogP contribution in [0.5, 0.6) is 0 Å². The zero-order valence-corrected chi connectivity index (χ0v) is 8.31. The Balaban J connectivity index is 2.65. The van der Waals surface area contributed by atoms with E-state index in [1.807, 2.05) is 0 Å². The highest BCUT2D eigenvalue weighted by atomic mass is 16.1. The summed E-state index contributed by atoms with van der Waals surface area (Å²) in [5, 5.41) is 8.90. The van der Waals surface area contributed by atoms with Gasteiger partial charge in [0.1, 0.15) is 11.6 Å². The van der Waals surface area contributed by atoms with Crippen LogP contribution in [0, 0.1) is 11.3 Å². The van der Waals surface area contributed by atoms with Crippen molar-refractivity contribution in [3.63, 3.8) is 0 Å². The molecule has 1 aromatic rings. The Bertz CT molecular complexity index is 559. The molecule has 0 aromatic heterocycles. The van der Waals surface area contributed by atoms with Gasteiger partial charge in [-0.1, -0.05) is 30.3 Å². The largest absolute Gasteiger partial charge is 0.289 e. The van der Waals surface area contributed by atoms with E-state index in [1.165, 1.54) is 6.08 Å². The van der Waals surface area contributed by atoms with Gasteiger partial charge in [0.15, 0.2) is 11.6 Å². The minimum Gasteiger partial charge on any atom is -0.289 e. The normalized spacial score (nSPS) is 15.2. The van der Waals surface area contributed by atoms with Crippen LogP contribution in [0.1, 0.15) is 5.56 Å². The Kier molecular flexibility index (Phi) is 2.49. The van der Waals surface area contributed by atoms with Crippen molar-refractivity contribution in [3.8, 4) is 6.07 Å². The molecule has 0 saturated carbocycles. The van der Waals surface area contributed by atoms with Crippen molar-refractivity contribution in [1.29, 1.82) is 5.26 Å². The van der Waals surface area contributed by atoms with Crippen molar-refractivity contribution in [2.24, 2.45) is 0 Å². The van der Waals surface area contributed by atoms with Crippen LogP contribution in [-0.4, -0.2) is 11.6 Å². The first-order valence-corrected chi connectivity index (χ1v) is 4.70. The predicted molar refractivity (Wildman–Crippen MR) is 58.1 cm³/mol. The van der Waals surface area contributed by atoms with Gasteiger partial charge in [0, 0.05) is 0 Å². The number of allylic oxidation sites excluding steroid dienone is 4. The summed E-state index contributed by atoms with van der Waals surface area (Å²) in [5.41, 5.74) is 0.705. The van der Waals surface area contributed by atoms with Gasteiger partial charge in [-0.25, -0.2) is 0 Å². The molecule has 3 heteroatoms. The second-order valence-corrected chi connectivity index (χ2v) is 3.29. The van der Waals surface area contributed by atoms with Crippen molar-refractivity contribution in [2.45, 2.75) is 0 Å². The molecule has 3 nitrogen and oxygen atoms in total. The monoisotopic (exact) mass is 209 g/mol. The molecular weight excluding hydrogens is 202 g/mol. The molecule has 0 atom stereocenters. The third kappa shape index (κ3) is 1.57. The Morgan fingerprint density at radius 2 is 1.56 bits per heavy atom. The average Bonchev–Trinajstić information content (AvgIpc) is 2.33. The molecule has 0 unspecified atom stereocenters. The lowest BCUT2D eigenvalue weighted by molar-refractivity contribution is -0.113. The Hall–Kier alpha value is -2.47. The van der Waals surface area contributed by atoms with Gasteiger partial charge in [0.2, 0.25) is 0 Å². The summed E-state index contributed by atoms with van der Waals surface area (Å²) in [4.78, 5) is 23.1. The van der Waals surface area contributed by atoms with Crippen LogP contribution in [0.2, 0.25) is 0 Å². The maximum atomic E-state index is 11.7. The Morgan fingerprint density at radius 3 is 2.19 bits per heavy atom. The summed E-state index contributed by atoms with van der Waals surface area (Å²) in [6.07, 6.45) is 2.33. The second kappa shape index (κ2) is 3.95. The molecule has 0 saturated heterocycles. The zero-order valence-electron chi connectivity index (χ0n) is 8.31. The number of ketones is 2. The van der Waals surface area contributed by atoms with E-state index in [-0.39, 0.29) is 16.9 Å². The summed E-state index contributed by atoms with van der Waals surface area (Å²) in [6.45, 7) is 0. The Morgan fingerprint density at radius 1 is 0.938 bits per heavy atom. The van der Waals surface area contributed by atoms with Crippen LogP contribution in [-0.2, 0) is 9.59 Å². The second-order valence-electron chi connectivity index (χ2n) is 3.29. The predicted octanol–water partition coefficient (Wildman–Crippen LogP) is 1.67. The van der Waals surface area contributed by atoms with Crippen LogP contribution >= 0.6 is 0 Å². The van der Waals surface area contributed by atoms with E-state index in [9.17, 15) is 9.59 Å². The number of nitriles is 1. The van der Waals surface area contributed by atoms with E-state index in [0.29, 0.717) is 5.56 Å². The van der Waals surface area contributed by atoms with Crippen LogP contribution in [0.15, 0.2) is 48.1 Å². The van der Waals surface area contributed by atoms with Crippen LogP contribution in [0.3, 0.4) is 0 Å². The molecule has 0 N–H and O–H groups in total. The highest BCUT2D eigenvalue weighted by Gasteiger charge is 2.23. The van der Waals surface area contributed by atoms with E-state index in [1.54, 1.807) is 36.4 Å². The third-order valence-corrected chi connectivity index (χ3v) is 2.30. The van der Waals surface area contributed by atoms with Crippen molar-refractivity contribution in [3.05, 3.63) is 53.6 Å². The molecule has 0 heterocycles. The van der Waals surface area contributed by atoms with Gasteiger partial charge in [-0.15, -0.1) is 0 Å². The van der Waals surface area contributed by atoms with Crippen molar-refractivity contribution in [2.75, 3.05) is 0 Å². The minimum absolute atomic E-state index is 0.0845. The number of hydrogen-bond donors (Lipinski definition) is 0. The van der Waals surface area contributed by atoms with E-state index >= 15 is 0 Å². The summed E-state index contributed by atoms with van der Waals surface area (Å²) in [5.74, 6) is -0.719. The average molecular weight is 209 g/mol. The lowest BCUT2D eigenvalue weighted by Gasteiger charge is -2.09. The minimum atomic E-state index is -0.416. The number of benzene rings is 1. The summed E-state index contributed by atoms with van der Waals surface area (Å²) < 4.78 is 0. The van der Waals surface area contributed by atoms with E-state index in [4.69, 9.17) is 5.26 Å². The molecule has 1 aliphatic rings. The van der Waals surface area contributed by atoms with E-state index < -0.39 is 5.78 Å². The molecule has 0 spiro atoms. The molecule has 76 valence electrons. The first-order chi connectivity index (χ1) is 7.74. The lowest BCUT2D eigenvalue weighted by Crippen LogP contribution is -2.12. The first-order valence-electron chi connectivity index (χ1n) is 4.70. The third-order valence-electron chi connectivity index (χ3n) is 2.30. The zero-order chi connectivity index (χ0) is 11.5. The molecular formula is C13H7NO2. The fraction of sp³-hybridized carbons (Fsp3) is 0. The van der Waals surface area contributed by atoms with Gasteiger partial charge in [-0.3, -0.25) is 9.59 Å². The van der Waals surface area contributed by atoms with Gasteiger partial charge in [-0.2, -0.15) is 5.26 Å². The summed E-state index contributed by atoms with van der Waals surface area (Å²) in [7, 11) is 0. The molecule has 0 radical (unpaired) electrons. The van der Waals surface area contributed by atoms with Gasteiger partial charge in [-0.05, 0) is 17.7 Å². The van der Waals surface area contributed by atoms with Gasteiger partial charge in [0.25, 0.3) is 0 Å². The molecule has 0 bridgehead atoms. The lowest BCUT2D eigenvalue weighted by atomic mass is 9.90. The first kappa shape index (κ1) is 10.1. The highest BCUT2D eigenvalue weighted by molar-refractivity contribution is 6.37. The highest BCUT2D eigenvalue weighted by Crippen LogP contribution is 2.23. The van der Waals surface area contributed by atoms with Gasteiger partial charge < -0.3 is 0 Å². The number of nitrogens with zero attached hydrogens (tertiary/aromatic N) is 1. The molecule has 0 amide bonds. The number of carbonyl (C=O) groups excluding carboxylic acids is 2. The fourth-order valence-corrected chi connectivity index (χ4v) is 1.57. The quantitative estimate of drug-likeness (QED) is 0.661. The fourth-order valence-electron chi connectivity index (χ4n) is 1.57. The van der Waals surface area contributed by atoms with Crippen molar-refractivity contribution >= 4 is 17.1 Å².